The number of benzene rings is 2. The van der Waals surface area contributed by atoms with E-state index < -0.39 is 12.2 Å². The Labute approximate surface area is 163 Å². The fourth-order valence-corrected chi connectivity index (χ4v) is 3.96. The molecule has 1 N–H and O–H groups in total. The lowest BCUT2D eigenvalue weighted by molar-refractivity contribution is -0.185. The van der Waals surface area contributed by atoms with Gasteiger partial charge in [0.25, 0.3) is 0 Å². The van der Waals surface area contributed by atoms with Crippen molar-refractivity contribution in [3.05, 3.63) is 54.1 Å². The molecule has 0 saturated carbocycles. The van der Waals surface area contributed by atoms with Gasteiger partial charge in [0, 0.05) is 31.5 Å². The molecule has 0 unspecified atom stereocenters. The van der Waals surface area contributed by atoms with Crippen LogP contribution in [0.5, 0.6) is 0 Å². The van der Waals surface area contributed by atoms with Gasteiger partial charge >= 0.3 is 11.9 Å². The summed E-state index contributed by atoms with van der Waals surface area (Å²) in [7, 11) is 0. The number of nitrogens with one attached hydrogen (secondary N) is 1. The lowest BCUT2D eigenvalue weighted by Gasteiger charge is -2.45. The van der Waals surface area contributed by atoms with Gasteiger partial charge in [-0.05, 0) is 23.3 Å². The van der Waals surface area contributed by atoms with E-state index in [0.717, 1.165) is 22.4 Å². The summed E-state index contributed by atoms with van der Waals surface area (Å²) in [6.45, 7) is 2.78. The van der Waals surface area contributed by atoms with Crippen molar-refractivity contribution < 1.29 is 23.8 Å². The van der Waals surface area contributed by atoms with Gasteiger partial charge in [-0.15, -0.1) is 0 Å². The third-order valence-corrected chi connectivity index (χ3v) is 5.17. The molecule has 0 spiro atoms. The van der Waals surface area contributed by atoms with E-state index in [1.165, 1.54) is 13.8 Å². The smallest absolute Gasteiger partial charge is 0.303 e. The second-order valence-electron chi connectivity index (χ2n) is 7.19. The van der Waals surface area contributed by atoms with Gasteiger partial charge in [0.1, 0.15) is 12.7 Å². The normalized spacial score (nSPS) is 25.2. The Kier molecular flexibility index (Phi) is 5.05. The van der Waals surface area contributed by atoms with Crippen molar-refractivity contribution in [2.24, 2.45) is 0 Å². The maximum atomic E-state index is 11.6. The molecular formula is C22H23NO5. The van der Waals surface area contributed by atoms with Gasteiger partial charge in [0.15, 0.2) is 6.10 Å². The van der Waals surface area contributed by atoms with E-state index in [0.29, 0.717) is 6.42 Å². The lowest BCUT2D eigenvalue weighted by atomic mass is 9.86. The first-order valence-corrected chi connectivity index (χ1v) is 9.43. The van der Waals surface area contributed by atoms with E-state index in [2.05, 4.69) is 29.6 Å². The highest BCUT2D eigenvalue weighted by molar-refractivity contribution is 5.70. The maximum absolute atomic E-state index is 11.6. The molecule has 0 radical (unpaired) electrons. The average molecular weight is 381 g/mol. The van der Waals surface area contributed by atoms with Crippen molar-refractivity contribution >= 4 is 17.6 Å². The standard InChI is InChI=1S/C22H23NO5/c1-13(24)26-12-21-22(27-14(2)25)19-11-20(28-21)17-10-16(8-9-18(17)23-19)15-6-4-3-5-7-15/h3-10,19-23H,11-12H2,1-2H3/t19-,20-,21-,22+/m1/s1. The van der Waals surface area contributed by atoms with Crippen LogP contribution < -0.4 is 5.32 Å². The predicted molar refractivity (Wildman–Crippen MR) is 104 cm³/mol. The molecule has 6 heteroatoms. The summed E-state index contributed by atoms with van der Waals surface area (Å²) < 4.78 is 16.9. The first-order chi connectivity index (χ1) is 13.5. The first-order valence-electron chi connectivity index (χ1n) is 9.43. The molecule has 0 aromatic heterocycles. The molecule has 4 rings (SSSR count). The number of anilines is 1. The summed E-state index contributed by atoms with van der Waals surface area (Å²) in [5.41, 5.74) is 4.29. The Morgan fingerprint density at radius 3 is 2.57 bits per heavy atom. The Bertz CT molecular complexity index is 882. The molecule has 2 aliphatic heterocycles. The number of fused-ring (bicyclic) bond motifs is 4. The molecule has 2 aliphatic rings. The van der Waals surface area contributed by atoms with Crippen molar-refractivity contribution in [2.75, 3.05) is 11.9 Å². The molecule has 4 atom stereocenters. The molecule has 28 heavy (non-hydrogen) atoms. The van der Waals surface area contributed by atoms with Crippen molar-refractivity contribution in [3.8, 4) is 11.1 Å². The highest BCUT2D eigenvalue weighted by atomic mass is 16.6. The Hall–Kier alpha value is -2.86. The van der Waals surface area contributed by atoms with Gasteiger partial charge in [-0.2, -0.15) is 0 Å². The van der Waals surface area contributed by atoms with E-state index in [1.54, 1.807) is 0 Å². The largest absolute Gasteiger partial charge is 0.463 e. The van der Waals surface area contributed by atoms with Crippen LogP contribution in [0.4, 0.5) is 5.69 Å². The van der Waals surface area contributed by atoms with E-state index in [4.69, 9.17) is 14.2 Å². The Balaban J connectivity index is 1.64. The van der Waals surface area contributed by atoms with Gasteiger partial charge in [-0.25, -0.2) is 0 Å². The lowest BCUT2D eigenvalue weighted by Crippen LogP contribution is -2.54. The highest BCUT2D eigenvalue weighted by Crippen LogP contribution is 2.43. The monoisotopic (exact) mass is 381 g/mol. The number of esters is 2. The number of carbonyl (C=O) groups is 2. The van der Waals surface area contributed by atoms with Crippen LogP contribution in [0.2, 0.25) is 0 Å². The van der Waals surface area contributed by atoms with Crippen molar-refractivity contribution in [2.45, 2.75) is 44.6 Å². The molecule has 0 amide bonds. The number of hydrogen-bond acceptors (Lipinski definition) is 6. The first kappa shape index (κ1) is 18.5. The van der Waals surface area contributed by atoms with Gasteiger partial charge in [0.05, 0.1) is 12.1 Å². The maximum Gasteiger partial charge on any atom is 0.303 e. The zero-order valence-corrected chi connectivity index (χ0v) is 15.9. The van der Waals surface area contributed by atoms with Crippen LogP contribution in [0.15, 0.2) is 48.5 Å². The quantitative estimate of drug-likeness (QED) is 0.818. The molecule has 0 aliphatic carbocycles. The zero-order chi connectivity index (χ0) is 19.7. The van der Waals surface area contributed by atoms with Gasteiger partial charge < -0.3 is 19.5 Å². The molecule has 1 fully saturated rings. The van der Waals surface area contributed by atoms with Crippen LogP contribution in [0.1, 0.15) is 31.9 Å². The average Bonchev–Trinajstić information content (AvgIpc) is 2.69. The number of ether oxygens (including phenoxy) is 3. The molecule has 1 saturated heterocycles. The second kappa shape index (κ2) is 7.64. The van der Waals surface area contributed by atoms with Crippen LogP contribution in [-0.4, -0.2) is 36.8 Å². The number of rotatable bonds is 4. The van der Waals surface area contributed by atoms with E-state index in [-0.39, 0.29) is 30.7 Å². The van der Waals surface area contributed by atoms with Crippen molar-refractivity contribution in [1.29, 1.82) is 0 Å². The van der Waals surface area contributed by atoms with Crippen LogP contribution in [0.3, 0.4) is 0 Å². The van der Waals surface area contributed by atoms with Crippen LogP contribution >= 0.6 is 0 Å². The summed E-state index contributed by atoms with van der Waals surface area (Å²) in [5.74, 6) is -0.771. The topological polar surface area (TPSA) is 73.9 Å². The van der Waals surface area contributed by atoms with E-state index >= 15 is 0 Å². The zero-order valence-electron chi connectivity index (χ0n) is 15.9. The van der Waals surface area contributed by atoms with Crippen molar-refractivity contribution in [3.63, 3.8) is 0 Å². The fourth-order valence-electron chi connectivity index (χ4n) is 3.96. The summed E-state index contributed by atoms with van der Waals surface area (Å²) in [4.78, 5) is 22.9. The summed E-state index contributed by atoms with van der Waals surface area (Å²) in [6, 6.07) is 16.3. The van der Waals surface area contributed by atoms with Crippen LogP contribution in [-0.2, 0) is 23.8 Å². The van der Waals surface area contributed by atoms with E-state index in [1.807, 2.05) is 24.3 Å². The summed E-state index contributed by atoms with van der Waals surface area (Å²) >= 11 is 0. The van der Waals surface area contributed by atoms with Gasteiger partial charge in [-0.1, -0.05) is 36.4 Å². The Morgan fingerprint density at radius 1 is 1.07 bits per heavy atom. The molecule has 2 aromatic rings. The van der Waals surface area contributed by atoms with E-state index in [9.17, 15) is 9.59 Å². The summed E-state index contributed by atoms with van der Waals surface area (Å²) in [5, 5.41) is 3.48. The minimum absolute atomic E-state index is 0.0513. The number of carbonyl (C=O) groups excluding carboxylic acids is 2. The third-order valence-electron chi connectivity index (χ3n) is 5.17. The number of hydrogen-bond donors (Lipinski definition) is 1. The fraction of sp³-hybridized carbons (Fsp3) is 0.364. The molecular weight excluding hydrogens is 358 g/mol. The summed E-state index contributed by atoms with van der Waals surface area (Å²) in [6.07, 6.45) is -0.510. The SMILES string of the molecule is CC(=O)OC[C@H]1O[C@@H]2C[C@@H](Nc3ccc(-c4ccccc4)cc32)[C@@H]1OC(C)=O. The molecule has 2 aromatic carbocycles. The molecule has 146 valence electrons. The minimum Gasteiger partial charge on any atom is -0.463 e. The second-order valence-corrected chi connectivity index (χ2v) is 7.19. The van der Waals surface area contributed by atoms with Crippen LogP contribution in [0.25, 0.3) is 11.1 Å². The minimum atomic E-state index is -0.518. The van der Waals surface area contributed by atoms with Crippen LogP contribution in [0, 0.1) is 0 Å². The Morgan fingerprint density at radius 2 is 1.86 bits per heavy atom. The molecule has 2 bridgehead atoms. The van der Waals surface area contributed by atoms with Crippen molar-refractivity contribution in [1.82, 2.24) is 0 Å². The molecule has 6 nitrogen and oxygen atoms in total. The third kappa shape index (κ3) is 3.73. The van der Waals surface area contributed by atoms with Gasteiger partial charge in [0.2, 0.25) is 0 Å². The predicted octanol–water partition coefficient (Wildman–Crippen LogP) is 3.47. The van der Waals surface area contributed by atoms with Gasteiger partial charge in [-0.3, -0.25) is 9.59 Å². The molecule has 2 heterocycles. The highest BCUT2D eigenvalue weighted by Gasteiger charge is 2.45.